The molecule has 7 nitrogen and oxygen atoms in total. The van der Waals surface area contributed by atoms with Gasteiger partial charge in [-0.05, 0) is 78.1 Å². The summed E-state index contributed by atoms with van der Waals surface area (Å²) in [5.74, 6) is -0.0607. The predicted molar refractivity (Wildman–Crippen MR) is 123 cm³/mol. The lowest BCUT2D eigenvalue weighted by Crippen LogP contribution is -2.45. The highest BCUT2D eigenvalue weighted by Crippen LogP contribution is 2.26. The summed E-state index contributed by atoms with van der Waals surface area (Å²) >= 11 is 0. The van der Waals surface area contributed by atoms with E-state index in [1.165, 1.54) is 5.69 Å². The Bertz CT molecular complexity index is 823. The second kappa shape index (κ2) is 10.1. The van der Waals surface area contributed by atoms with Gasteiger partial charge in [0.15, 0.2) is 0 Å². The molecule has 1 saturated heterocycles. The van der Waals surface area contributed by atoms with Crippen molar-refractivity contribution in [1.29, 1.82) is 0 Å². The first-order valence-corrected chi connectivity index (χ1v) is 12.2. The number of anilines is 2. The number of aryl methyl sites for hydroxylation is 1. The van der Waals surface area contributed by atoms with Crippen LogP contribution in [0, 0.1) is 6.92 Å². The number of benzene rings is 1. The van der Waals surface area contributed by atoms with Gasteiger partial charge in [-0.1, -0.05) is 0 Å². The summed E-state index contributed by atoms with van der Waals surface area (Å²) in [5.41, 5.74) is 3.07. The Labute approximate surface area is 181 Å². The van der Waals surface area contributed by atoms with Crippen molar-refractivity contribution in [3.63, 3.8) is 0 Å². The van der Waals surface area contributed by atoms with Gasteiger partial charge in [0.1, 0.15) is 0 Å². The quantitative estimate of drug-likeness (QED) is 0.606. The highest BCUT2D eigenvalue weighted by molar-refractivity contribution is 7.90. The van der Waals surface area contributed by atoms with Crippen molar-refractivity contribution in [2.75, 3.05) is 29.9 Å². The zero-order chi connectivity index (χ0) is 22.5. The Hall–Kier alpha value is -1.64. The van der Waals surface area contributed by atoms with E-state index in [0.717, 1.165) is 24.3 Å². The first-order valence-electron chi connectivity index (χ1n) is 10.7. The van der Waals surface area contributed by atoms with Gasteiger partial charge in [0.05, 0.1) is 17.0 Å². The van der Waals surface area contributed by atoms with Crippen LogP contribution in [0.1, 0.15) is 59.4 Å². The Kier molecular flexibility index (Phi) is 8.30. The SMILES string of the molecule is Cc1cc(NC(=O)CCCCNS(=O)(=O)C(C)(C)C)ccc1N1CC(C)OC(C)C1. The minimum atomic E-state index is -3.33. The van der Waals surface area contributed by atoms with Crippen LogP contribution in [0.5, 0.6) is 0 Å². The molecule has 1 aromatic carbocycles. The lowest BCUT2D eigenvalue weighted by molar-refractivity contribution is -0.116. The second-order valence-corrected chi connectivity index (χ2v) is 11.7. The Morgan fingerprint density at radius 2 is 1.80 bits per heavy atom. The lowest BCUT2D eigenvalue weighted by atomic mass is 10.1. The molecule has 0 bridgehead atoms. The molecule has 0 aliphatic carbocycles. The molecular weight excluding hydrogens is 402 g/mol. The van der Waals surface area contributed by atoms with E-state index in [9.17, 15) is 13.2 Å². The molecule has 0 saturated carbocycles. The second-order valence-electron chi connectivity index (χ2n) is 9.18. The van der Waals surface area contributed by atoms with Crippen LogP contribution in [0.4, 0.5) is 11.4 Å². The average Bonchev–Trinajstić information content (AvgIpc) is 2.59. The van der Waals surface area contributed by atoms with Gasteiger partial charge in [-0.2, -0.15) is 0 Å². The summed E-state index contributed by atoms with van der Waals surface area (Å²) in [6.07, 6.45) is 1.99. The number of sulfonamides is 1. The summed E-state index contributed by atoms with van der Waals surface area (Å²) in [7, 11) is -3.33. The largest absolute Gasteiger partial charge is 0.372 e. The Morgan fingerprint density at radius 1 is 1.17 bits per heavy atom. The van der Waals surface area contributed by atoms with Crippen molar-refractivity contribution in [1.82, 2.24) is 4.72 Å². The van der Waals surface area contributed by atoms with E-state index in [1.807, 2.05) is 12.1 Å². The third kappa shape index (κ3) is 6.96. The van der Waals surface area contributed by atoms with E-state index in [4.69, 9.17) is 4.74 Å². The number of amides is 1. The molecule has 1 amide bonds. The molecule has 2 atom stereocenters. The summed E-state index contributed by atoms with van der Waals surface area (Å²) in [6.45, 7) is 13.3. The fourth-order valence-electron chi connectivity index (χ4n) is 3.52. The van der Waals surface area contributed by atoms with Gasteiger partial charge >= 0.3 is 0 Å². The summed E-state index contributed by atoms with van der Waals surface area (Å²) in [4.78, 5) is 14.6. The smallest absolute Gasteiger partial charge is 0.224 e. The van der Waals surface area contributed by atoms with Crippen molar-refractivity contribution < 1.29 is 17.9 Å². The van der Waals surface area contributed by atoms with Crippen LogP contribution in [0.3, 0.4) is 0 Å². The Balaban J connectivity index is 1.80. The lowest BCUT2D eigenvalue weighted by Gasteiger charge is -2.37. The molecule has 8 heteroatoms. The standard InChI is InChI=1S/C22H37N3O4S/c1-16-13-19(10-11-20(16)25-14-17(2)29-18(3)15-25)24-21(26)9-7-8-12-23-30(27,28)22(4,5)6/h10-11,13,17-18,23H,7-9,12,14-15H2,1-6H3,(H,24,26). The molecule has 1 aliphatic heterocycles. The number of carbonyl (C=O) groups excluding carboxylic acids is 1. The summed E-state index contributed by atoms with van der Waals surface area (Å²) in [6, 6.07) is 5.98. The molecule has 1 aromatic rings. The summed E-state index contributed by atoms with van der Waals surface area (Å²) in [5, 5.41) is 2.94. The fourth-order valence-corrected chi connectivity index (χ4v) is 4.37. The number of ether oxygens (including phenoxy) is 1. The van der Waals surface area contributed by atoms with Gasteiger partial charge in [0.2, 0.25) is 15.9 Å². The predicted octanol–water partition coefficient (Wildman–Crippen LogP) is 3.44. The molecule has 1 heterocycles. The number of rotatable bonds is 8. The van der Waals surface area contributed by atoms with Crippen LogP contribution in [0.2, 0.25) is 0 Å². The van der Waals surface area contributed by atoms with E-state index in [1.54, 1.807) is 20.8 Å². The third-order valence-electron chi connectivity index (χ3n) is 5.17. The van der Waals surface area contributed by atoms with Crippen molar-refractivity contribution in [2.45, 2.75) is 77.8 Å². The molecule has 1 fully saturated rings. The van der Waals surface area contributed by atoms with Crippen molar-refractivity contribution >= 4 is 27.3 Å². The maximum absolute atomic E-state index is 12.2. The number of nitrogens with zero attached hydrogens (tertiary/aromatic N) is 1. The number of hydrogen-bond donors (Lipinski definition) is 2. The van der Waals surface area contributed by atoms with Gasteiger partial charge < -0.3 is 15.0 Å². The summed E-state index contributed by atoms with van der Waals surface area (Å²) < 4.78 is 31.6. The number of morpholine rings is 1. The van der Waals surface area contributed by atoms with Crippen molar-refractivity contribution in [3.05, 3.63) is 23.8 Å². The van der Waals surface area contributed by atoms with Crippen LogP contribution in [0.25, 0.3) is 0 Å². The first-order chi connectivity index (χ1) is 13.9. The monoisotopic (exact) mass is 439 g/mol. The topological polar surface area (TPSA) is 87.7 Å². The molecule has 170 valence electrons. The zero-order valence-electron chi connectivity index (χ0n) is 19.1. The van der Waals surface area contributed by atoms with Crippen LogP contribution in [-0.2, 0) is 19.6 Å². The van der Waals surface area contributed by atoms with Gasteiger partial charge in [0, 0.05) is 37.4 Å². The molecule has 0 aromatic heterocycles. The van der Waals surface area contributed by atoms with E-state index < -0.39 is 14.8 Å². The van der Waals surface area contributed by atoms with Crippen LogP contribution < -0.4 is 14.9 Å². The molecule has 0 radical (unpaired) electrons. The molecule has 2 unspecified atom stereocenters. The van der Waals surface area contributed by atoms with Gasteiger partial charge in [0.25, 0.3) is 0 Å². The molecule has 1 aliphatic rings. The number of nitrogens with one attached hydrogen (secondary N) is 2. The Morgan fingerprint density at radius 3 is 2.37 bits per heavy atom. The highest BCUT2D eigenvalue weighted by atomic mass is 32.2. The van der Waals surface area contributed by atoms with Gasteiger partial charge in [-0.3, -0.25) is 4.79 Å². The number of unbranched alkanes of at least 4 members (excludes halogenated alkanes) is 1. The number of hydrogen-bond acceptors (Lipinski definition) is 5. The van der Waals surface area contributed by atoms with Gasteiger partial charge in [-0.15, -0.1) is 0 Å². The fraction of sp³-hybridized carbons (Fsp3) is 0.682. The first kappa shape index (κ1) is 24.6. The van der Waals surface area contributed by atoms with E-state index in [-0.39, 0.29) is 18.1 Å². The average molecular weight is 440 g/mol. The van der Waals surface area contributed by atoms with E-state index in [0.29, 0.717) is 25.8 Å². The molecule has 0 spiro atoms. The minimum absolute atomic E-state index is 0.0607. The van der Waals surface area contributed by atoms with E-state index >= 15 is 0 Å². The molecule has 2 N–H and O–H groups in total. The van der Waals surface area contributed by atoms with Crippen LogP contribution in [0.15, 0.2) is 18.2 Å². The third-order valence-corrected chi connectivity index (χ3v) is 7.37. The van der Waals surface area contributed by atoms with Crippen LogP contribution >= 0.6 is 0 Å². The van der Waals surface area contributed by atoms with Gasteiger partial charge in [-0.25, -0.2) is 13.1 Å². The minimum Gasteiger partial charge on any atom is -0.372 e. The zero-order valence-corrected chi connectivity index (χ0v) is 19.9. The molecular formula is C22H37N3O4S. The molecule has 2 rings (SSSR count). The molecule has 30 heavy (non-hydrogen) atoms. The van der Waals surface area contributed by atoms with Crippen molar-refractivity contribution in [3.8, 4) is 0 Å². The maximum Gasteiger partial charge on any atom is 0.224 e. The van der Waals surface area contributed by atoms with Crippen LogP contribution in [-0.4, -0.2) is 50.9 Å². The maximum atomic E-state index is 12.2. The highest BCUT2D eigenvalue weighted by Gasteiger charge is 2.28. The number of carbonyl (C=O) groups is 1. The van der Waals surface area contributed by atoms with Crippen molar-refractivity contribution in [2.24, 2.45) is 0 Å². The van der Waals surface area contributed by atoms with E-state index in [2.05, 4.69) is 41.8 Å². The normalized spacial score (nSPS) is 20.3.